The molecule has 1 N–H and O–H groups in total. The summed E-state index contributed by atoms with van der Waals surface area (Å²) in [6.45, 7) is 2.61. The van der Waals surface area contributed by atoms with Crippen molar-refractivity contribution in [1.29, 1.82) is 5.26 Å². The molecule has 0 aromatic carbocycles. The van der Waals surface area contributed by atoms with Crippen LogP contribution in [0.2, 0.25) is 0 Å². The average Bonchev–Trinajstić information content (AvgIpc) is 1.83. The summed E-state index contributed by atoms with van der Waals surface area (Å²) in [7, 11) is 0. The van der Waals surface area contributed by atoms with Gasteiger partial charge in [0.05, 0.1) is 6.07 Å². The first-order valence-corrected chi connectivity index (χ1v) is 4.16. The maximum atomic E-state index is 10.4. The lowest BCUT2D eigenvalue weighted by Crippen LogP contribution is -2.41. The maximum Gasteiger partial charge on any atom is 0.235 e. The fourth-order valence-corrected chi connectivity index (χ4v) is 1.34. The fourth-order valence-electron chi connectivity index (χ4n) is 0.806. The van der Waals surface area contributed by atoms with Gasteiger partial charge in [-0.15, -0.1) is 0 Å². The first-order chi connectivity index (χ1) is 5.15. The minimum absolute atomic E-state index is 0.447. The summed E-state index contributed by atoms with van der Waals surface area (Å²) < 4.78 is 20.3. The van der Waals surface area contributed by atoms with Crippen LogP contribution < -0.4 is 0 Å². The third-order valence-corrected chi connectivity index (χ3v) is 2.35. The predicted molar refractivity (Wildman–Crippen MR) is 40.7 cm³/mol. The van der Waals surface area contributed by atoms with Crippen LogP contribution in [0.4, 0.5) is 0 Å². The van der Waals surface area contributed by atoms with Crippen molar-refractivity contribution >= 4 is 11.3 Å². The van der Waals surface area contributed by atoms with Crippen LogP contribution in [0.5, 0.6) is 0 Å². The summed E-state index contributed by atoms with van der Waals surface area (Å²) in [5, 5.41) is 8.43. The molecule has 0 radical (unpaired) electrons. The van der Waals surface area contributed by atoms with E-state index in [0.29, 0.717) is 18.7 Å². The summed E-state index contributed by atoms with van der Waals surface area (Å²) in [5.41, 5.74) is 1.61. The minimum Gasteiger partial charge on any atom is -0.294 e. The van der Waals surface area contributed by atoms with Crippen molar-refractivity contribution < 1.29 is 8.76 Å². The standard InChI is InChI=1S/C6H8N2O2S/c1-5(2-7)6-3-8(4-6)11(9)10/h3-4H2,1H3,(H,9,10). The Kier molecular flexibility index (Phi) is 2.39. The van der Waals surface area contributed by atoms with Gasteiger partial charge in [-0.25, -0.2) is 4.21 Å². The molecule has 1 fully saturated rings. The van der Waals surface area contributed by atoms with Crippen molar-refractivity contribution in [1.82, 2.24) is 4.31 Å². The molecule has 11 heavy (non-hydrogen) atoms. The molecule has 5 heteroatoms. The smallest absolute Gasteiger partial charge is 0.235 e. The summed E-state index contributed by atoms with van der Waals surface area (Å²) in [5.74, 6) is 0. The molecule has 1 atom stereocenters. The summed E-state index contributed by atoms with van der Waals surface area (Å²) in [4.78, 5) is 0. The number of allylic oxidation sites excluding steroid dienone is 1. The van der Waals surface area contributed by atoms with E-state index >= 15 is 0 Å². The summed E-state index contributed by atoms with van der Waals surface area (Å²) in [6.07, 6.45) is 0. The van der Waals surface area contributed by atoms with E-state index in [4.69, 9.17) is 9.81 Å². The largest absolute Gasteiger partial charge is 0.294 e. The molecule has 1 unspecified atom stereocenters. The van der Waals surface area contributed by atoms with E-state index in [0.717, 1.165) is 5.57 Å². The maximum absolute atomic E-state index is 10.4. The van der Waals surface area contributed by atoms with Gasteiger partial charge in [0.25, 0.3) is 0 Å². The van der Waals surface area contributed by atoms with Crippen LogP contribution in [0.1, 0.15) is 6.92 Å². The zero-order valence-corrected chi connectivity index (χ0v) is 6.89. The van der Waals surface area contributed by atoms with E-state index < -0.39 is 11.3 Å². The van der Waals surface area contributed by atoms with Gasteiger partial charge in [0.2, 0.25) is 11.3 Å². The molecule has 0 aliphatic carbocycles. The van der Waals surface area contributed by atoms with Crippen LogP contribution in [0.25, 0.3) is 0 Å². The third-order valence-electron chi connectivity index (χ3n) is 1.65. The Labute approximate surface area is 67.5 Å². The van der Waals surface area contributed by atoms with E-state index in [1.54, 1.807) is 6.92 Å². The Morgan fingerprint density at radius 3 is 2.73 bits per heavy atom. The van der Waals surface area contributed by atoms with E-state index in [1.165, 1.54) is 4.31 Å². The number of nitriles is 1. The van der Waals surface area contributed by atoms with Crippen LogP contribution in [0, 0.1) is 11.3 Å². The SMILES string of the molecule is CC(C#N)=C1CN(S(=O)O)C1. The molecule has 1 saturated heterocycles. The van der Waals surface area contributed by atoms with E-state index in [9.17, 15) is 4.21 Å². The molecule has 0 bridgehead atoms. The predicted octanol–water partition coefficient (Wildman–Crippen LogP) is 0.279. The van der Waals surface area contributed by atoms with Crippen LogP contribution in [0.15, 0.2) is 11.1 Å². The quantitative estimate of drug-likeness (QED) is 0.456. The van der Waals surface area contributed by atoms with Gasteiger partial charge in [0, 0.05) is 18.7 Å². The molecular weight excluding hydrogens is 164 g/mol. The van der Waals surface area contributed by atoms with Crippen molar-refractivity contribution in [2.24, 2.45) is 0 Å². The zero-order valence-electron chi connectivity index (χ0n) is 6.07. The molecule has 1 aliphatic rings. The average molecular weight is 172 g/mol. The number of hydrogen-bond acceptors (Lipinski definition) is 2. The highest BCUT2D eigenvalue weighted by atomic mass is 32.2. The molecule has 0 spiro atoms. The highest BCUT2D eigenvalue weighted by Crippen LogP contribution is 2.18. The van der Waals surface area contributed by atoms with E-state index in [-0.39, 0.29) is 0 Å². The molecular formula is C6H8N2O2S. The van der Waals surface area contributed by atoms with Gasteiger partial charge in [-0.1, -0.05) is 0 Å². The van der Waals surface area contributed by atoms with Crippen LogP contribution in [0.3, 0.4) is 0 Å². The van der Waals surface area contributed by atoms with Crippen LogP contribution in [-0.4, -0.2) is 26.2 Å². The van der Waals surface area contributed by atoms with Gasteiger partial charge in [0.15, 0.2) is 0 Å². The van der Waals surface area contributed by atoms with E-state index in [2.05, 4.69) is 0 Å². The molecule has 1 heterocycles. The molecule has 1 rings (SSSR count). The van der Waals surface area contributed by atoms with Crippen molar-refractivity contribution in [2.75, 3.05) is 13.1 Å². The Bertz CT molecular complexity index is 258. The lowest BCUT2D eigenvalue weighted by atomic mass is 10.1. The first kappa shape index (κ1) is 8.40. The Balaban J connectivity index is 2.54. The van der Waals surface area contributed by atoms with Gasteiger partial charge >= 0.3 is 0 Å². The van der Waals surface area contributed by atoms with Crippen molar-refractivity contribution in [3.05, 3.63) is 11.1 Å². The van der Waals surface area contributed by atoms with Crippen molar-refractivity contribution in [3.63, 3.8) is 0 Å². The zero-order chi connectivity index (χ0) is 8.43. The van der Waals surface area contributed by atoms with Crippen LogP contribution in [-0.2, 0) is 11.3 Å². The highest BCUT2D eigenvalue weighted by molar-refractivity contribution is 7.76. The summed E-state index contributed by atoms with van der Waals surface area (Å²) >= 11 is -1.87. The number of rotatable bonds is 1. The van der Waals surface area contributed by atoms with Crippen molar-refractivity contribution in [2.45, 2.75) is 6.92 Å². The normalized spacial score (nSPS) is 20.3. The topological polar surface area (TPSA) is 64.3 Å². The second-order valence-electron chi connectivity index (χ2n) is 2.37. The monoisotopic (exact) mass is 172 g/mol. The first-order valence-electron chi connectivity index (χ1n) is 3.09. The van der Waals surface area contributed by atoms with E-state index in [1.807, 2.05) is 6.07 Å². The molecule has 0 aromatic heterocycles. The number of hydrogen-bond donors (Lipinski definition) is 1. The van der Waals surface area contributed by atoms with Gasteiger partial charge in [-0.2, -0.15) is 9.57 Å². The molecule has 4 nitrogen and oxygen atoms in total. The van der Waals surface area contributed by atoms with Crippen LogP contribution >= 0.6 is 0 Å². The molecule has 0 saturated carbocycles. The Hall–Kier alpha value is -0.700. The third kappa shape index (κ3) is 1.66. The summed E-state index contributed by atoms with van der Waals surface area (Å²) in [6, 6.07) is 2.00. The minimum atomic E-state index is -1.87. The van der Waals surface area contributed by atoms with Gasteiger partial charge in [-0.05, 0) is 12.5 Å². The molecule has 60 valence electrons. The molecule has 1 aliphatic heterocycles. The second kappa shape index (κ2) is 3.13. The van der Waals surface area contributed by atoms with Gasteiger partial charge in [-0.3, -0.25) is 4.55 Å². The number of nitrogens with zero attached hydrogens (tertiary/aromatic N) is 2. The lowest BCUT2D eigenvalue weighted by Gasteiger charge is -2.30. The fraction of sp³-hybridized carbons (Fsp3) is 0.500. The molecule has 0 amide bonds. The Morgan fingerprint density at radius 2 is 2.36 bits per heavy atom. The van der Waals surface area contributed by atoms with Crippen molar-refractivity contribution in [3.8, 4) is 6.07 Å². The van der Waals surface area contributed by atoms with Gasteiger partial charge < -0.3 is 0 Å². The highest BCUT2D eigenvalue weighted by Gasteiger charge is 2.25. The Morgan fingerprint density at radius 1 is 1.82 bits per heavy atom. The molecule has 0 aromatic rings. The van der Waals surface area contributed by atoms with Gasteiger partial charge in [0.1, 0.15) is 0 Å². The lowest BCUT2D eigenvalue weighted by molar-refractivity contribution is 0.376. The second-order valence-corrected chi connectivity index (χ2v) is 3.35.